The first-order valence-corrected chi connectivity index (χ1v) is 21.6. The molecule has 0 spiro atoms. The number of nitrogens with zero attached hydrogens (tertiary/aromatic N) is 2. The summed E-state index contributed by atoms with van der Waals surface area (Å²) in [6, 6.07) is 9.70. The summed E-state index contributed by atoms with van der Waals surface area (Å²) in [4.78, 5) is 51.4. The van der Waals surface area contributed by atoms with E-state index in [0.717, 1.165) is 44.1 Å². The number of benzene rings is 3. The van der Waals surface area contributed by atoms with Gasteiger partial charge in [-0.05, 0) is 61.7 Å². The van der Waals surface area contributed by atoms with Crippen LogP contribution in [0.5, 0.6) is 0 Å². The normalized spacial score (nSPS) is 14.5. The van der Waals surface area contributed by atoms with Crippen molar-refractivity contribution in [1.82, 2.24) is 0 Å². The molecule has 18 heteroatoms. The lowest BCUT2D eigenvalue weighted by atomic mass is 9.96. The summed E-state index contributed by atoms with van der Waals surface area (Å²) >= 11 is 6.56. The number of sulfonamides is 2. The zero-order valence-corrected chi connectivity index (χ0v) is 33.4. The van der Waals surface area contributed by atoms with Crippen LogP contribution >= 0.6 is 11.6 Å². The quantitative estimate of drug-likeness (QED) is 0.0479. The van der Waals surface area contributed by atoms with Gasteiger partial charge in [0.05, 0.1) is 45.4 Å². The number of amides is 2. The van der Waals surface area contributed by atoms with Gasteiger partial charge in [0.1, 0.15) is 4.90 Å². The number of cyclic esters (lactones) is 1. The summed E-state index contributed by atoms with van der Waals surface area (Å²) in [6.45, 7) is 5.18. The Bertz CT molecular complexity index is 2140. The number of hydrogen-bond donors (Lipinski definition) is 2. The van der Waals surface area contributed by atoms with Crippen molar-refractivity contribution in [1.29, 1.82) is 0 Å². The number of unbranched alkanes of at least 4 members (excludes halogenated alkanes) is 9. The van der Waals surface area contributed by atoms with Crippen molar-refractivity contribution in [2.45, 2.75) is 96.0 Å². The molecule has 1 saturated heterocycles. The monoisotopic (exact) mass is 820 g/mol. The second-order valence-electron chi connectivity index (χ2n) is 13.4. The number of rotatable bonds is 20. The molecule has 3 aromatic carbocycles. The average molecular weight is 821 g/mol. The molecule has 4 rings (SSSR count). The van der Waals surface area contributed by atoms with Gasteiger partial charge in [0, 0.05) is 17.7 Å². The van der Waals surface area contributed by atoms with Crippen LogP contribution in [0.25, 0.3) is 0 Å². The number of carbonyl (C=O) groups excluding carboxylic acids is 3. The predicted octanol–water partition coefficient (Wildman–Crippen LogP) is 8.34. The third-order valence-electron chi connectivity index (χ3n) is 8.85. The Hall–Kier alpha value is -4.74. The van der Waals surface area contributed by atoms with Gasteiger partial charge >= 0.3 is 12.1 Å². The van der Waals surface area contributed by atoms with E-state index in [4.69, 9.17) is 21.1 Å². The van der Waals surface area contributed by atoms with Crippen LogP contribution in [0.15, 0.2) is 53.4 Å². The second kappa shape index (κ2) is 18.7. The number of imide groups is 1. The van der Waals surface area contributed by atoms with Crippen LogP contribution in [-0.4, -0.2) is 52.6 Å². The molecule has 1 aliphatic heterocycles. The summed E-state index contributed by atoms with van der Waals surface area (Å²) in [6.07, 6.45) is 8.61. The fourth-order valence-corrected chi connectivity index (χ4v) is 8.40. The zero-order chi connectivity index (χ0) is 40.5. The SMILES string of the molecule is CCCCCCCCCCCCOC(=O)c1cc(N2C(=O)OC(c3c(C)cc([N+](=O)[O-])cc3C)C2=O)c(Cl)cc1S(=O)(=O)Nc1cccc(NS(C)(=O)=O)c1. The van der Waals surface area contributed by atoms with Crippen LogP contribution in [0.1, 0.15) is 104 Å². The number of anilines is 3. The molecule has 2 amide bonds. The van der Waals surface area contributed by atoms with Gasteiger partial charge < -0.3 is 9.47 Å². The third-order valence-corrected chi connectivity index (χ3v) is 11.2. The number of carbonyl (C=O) groups is 3. The van der Waals surface area contributed by atoms with E-state index in [0.29, 0.717) is 22.4 Å². The molecule has 1 atom stereocenters. The lowest BCUT2D eigenvalue weighted by Gasteiger charge is -2.18. The Balaban J connectivity index is 1.63. The van der Waals surface area contributed by atoms with Crippen molar-refractivity contribution in [3.63, 3.8) is 0 Å². The molecular weight excluding hydrogens is 776 g/mol. The van der Waals surface area contributed by atoms with Gasteiger partial charge in [0.2, 0.25) is 16.1 Å². The molecule has 1 unspecified atom stereocenters. The van der Waals surface area contributed by atoms with Crippen LogP contribution in [0.4, 0.5) is 27.5 Å². The van der Waals surface area contributed by atoms with Crippen LogP contribution < -0.4 is 14.3 Å². The maximum Gasteiger partial charge on any atom is 0.422 e. The fraction of sp³-hybridized carbons (Fsp3) is 0.432. The lowest BCUT2D eigenvalue weighted by molar-refractivity contribution is -0.385. The Morgan fingerprint density at radius 2 is 1.45 bits per heavy atom. The maximum atomic E-state index is 13.8. The molecule has 15 nitrogen and oxygen atoms in total. The molecule has 0 aromatic heterocycles. The topological polar surface area (TPSA) is 208 Å². The summed E-state index contributed by atoms with van der Waals surface area (Å²) in [7, 11) is -8.35. The van der Waals surface area contributed by atoms with Gasteiger partial charge in [0.15, 0.2) is 0 Å². The van der Waals surface area contributed by atoms with Gasteiger partial charge in [-0.3, -0.25) is 24.4 Å². The molecule has 0 radical (unpaired) electrons. The van der Waals surface area contributed by atoms with Crippen molar-refractivity contribution in [3.05, 3.63) is 85.9 Å². The van der Waals surface area contributed by atoms with Gasteiger partial charge in [0.25, 0.3) is 21.6 Å². The van der Waals surface area contributed by atoms with Crippen LogP contribution in [-0.2, 0) is 34.3 Å². The van der Waals surface area contributed by atoms with Crippen molar-refractivity contribution >= 4 is 72.4 Å². The molecule has 2 N–H and O–H groups in total. The largest absolute Gasteiger partial charge is 0.462 e. The average Bonchev–Trinajstić information content (AvgIpc) is 3.38. The van der Waals surface area contributed by atoms with Crippen molar-refractivity contribution in [3.8, 4) is 0 Å². The predicted molar refractivity (Wildman–Crippen MR) is 209 cm³/mol. The first kappa shape index (κ1) is 43.0. The van der Waals surface area contributed by atoms with Gasteiger partial charge in [-0.15, -0.1) is 0 Å². The molecule has 1 fully saturated rings. The third kappa shape index (κ3) is 11.4. The molecule has 3 aromatic rings. The number of nitrogens with one attached hydrogen (secondary N) is 2. The Kier molecular flexibility index (Phi) is 14.6. The number of hydrogen-bond acceptors (Lipinski definition) is 11. The number of esters is 1. The first-order valence-electron chi connectivity index (χ1n) is 17.8. The summed E-state index contributed by atoms with van der Waals surface area (Å²) in [5.74, 6) is -2.00. The Morgan fingerprint density at radius 3 is 2.02 bits per heavy atom. The molecule has 1 aliphatic rings. The Morgan fingerprint density at radius 1 is 0.891 bits per heavy atom. The maximum absolute atomic E-state index is 13.8. The van der Waals surface area contributed by atoms with E-state index in [2.05, 4.69) is 16.4 Å². The number of nitro groups is 1. The highest BCUT2D eigenvalue weighted by atomic mass is 35.5. The minimum Gasteiger partial charge on any atom is -0.462 e. The minimum absolute atomic E-state index is 0.0368. The van der Waals surface area contributed by atoms with Crippen molar-refractivity contribution in [2.75, 3.05) is 27.2 Å². The summed E-state index contributed by atoms with van der Waals surface area (Å²) in [5.41, 5.74) is -0.290. The fourth-order valence-electron chi connectivity index (χ4n) is 6.28. The highest BCUT2D eigenvalue weighted by molar-refractivity contribution is 7.93. The Labute approximate surface area is 326 Å². The second-order valence-corrected chi connectivity index (χ2v) is 17.2. The molecular formula is C37H45ClN4O11S2. The van der Waals surface area contributed by atoms with E-state index < -0.39 is 64.5 Å². The van der Waals surface area contributed by atoms with E-state index in [9.17, 15) is 41.3 Å². The molecule has 0 aliphatic carbocycles. The number of non-ortho nitro benzene ring substituents is 1. The summed E-state index contributed by atoms with van der Waals surface area (Å²) < 4.78 is 66.7. The highest BCUT2D eigenvalue weighted by Crippen LogP contribution is 2.40. The van der Waals surface area contributed by atoms with Crippen molar-refractivity contribution < 1.29 is 45.6 Å². The zero-order valence-electron chi connectivity index (χ0n) is 31.1. The van der Waals surface area contributed by atoms with Gasteiger partial charge in [-0.25, -0.2) is 31.3 Å². The summed E-state index contributed by atoms with van der Waals surface area (Å²) in [5, 5.41) is 11.0. The number of halogens is 1. The van der Waals surface area contributed by atoms with Crippen LogP contribution in [0.2, 0.25) is 5.02 Å². The number of nitro benzene ring substituents is 1. The lowest BCUT2D eigenvalue weighted by Crippen LogP contribution is -2.30. The van der Waals surface area contributed by atoms with Gasteiger partial charge in [-0.1, -0.05) is 82.4 Å². The molecule has 55 heavy (non-hydrogen) atoms. The molecule has 298 valence electrons. The van der Waals surface area contributed by atoms with E-state index >= 15 is 0 Å². The number of aryl methyl sites for hydroxylation is 2. The van der Waals surface area contributed by atoms with E-state index in [-0.39, 0.29) is 34.9 Å². The minimum atomic E-state index is -4.66. The van der Waals surface area contributed by atoms with Crippen molar-refractivity contribution in [2.24, 2.45) is 0 Å². The molecule has 1 heterocycles. The van der Waals surface area contributed by atoms with Crippen LogP contribution in [0.3, 0.4) is 0 Å². The molecule has 0 bridgehead atoms. The molecule has 0 saturated carbocycles. The first-order chi connectivity index (χ1) is 25.9. The van der Waals surface area contributed by atoms with E-state index in [1.54, 1.807) is 0 Å². The van der Waals surface area contributed by atoms with Crippen LogP contribution in [0, 0.1) is 24.0 Å². The number of ether oxygens (including phenoxy) is 2. The van der Waals surface area contributed by atoms with Gasteiger partial charge in [-0.2, -0.15) is 0 Å². The van der Waals surface area contributed by atoms with E-state index in [1.807, 2.05) is 0 Å². The highest BCUT2D eigenvalue weighted by Gasteiger charge is 2.45. The standard InChI is InChI=1S/C37H45ClN4O11S2/c1-5-6-7-8-9-10-11-12-13-14-18-52-36(44)29-22-31(41-35(43)34(53-37(41)45)33-24(2)19-28(42(46)47)20-25(33)3)30(38)23-32(29)55(50,51)40-27-17-15-16-26(21-27)39-54(4,48)49/h15-17,19-23,34,39-40H,5-14,18H2,1-4H3. The smallest absolute Gasteiger partial charge is 0.422 e. The van der Waals surface area contributed by atoms with E-state index in [1.165, 1.54) is 82.3 Å².